The molecule has 3 aromatic rings. The zero-order valence-electron chi connectivity index (χ0n) is 14.5. The van der Waals surface area contributed by atoms with Gasteiger partial charge in [0.15, 0.2) is 11.1 Å². The van der Waals surface area contributed by atoms with Crippen LogP contribution in [-0.4, -0.2) is 49.5 Å². The van der Waals surface area contributed by atoms with Gasteiger partial charge in [0.2, 0.25) is 11.8 Å². The standard InChI is InChI=1S/C17H13N7O3S/c1-28-17-21-15(26)13(16(27)22-17)14(25)19-9-3-5-10-8(6-9)2-4-11(20-10)12-7-18-24-23-12/h2-7,13H,1H3,(H,19,25)(H,18,23,24)(H,21,22,26,27). The van der Waals surface area contributed by atoms with E-state index in [2.05, 4.69) is 36.0 Å². The third kappa shape index (κ3) is 3.34. The van der Waals surface area contributed by atoms with Gasteiger partial charge in [0.25, 0.3) is 5.91 Å². The molecule has 1 aliphatic rings. The molecule has 4 rings (SSSR count). The number of pyridine rings is 1. The molecule has 0 saturated carbocycles. The van der Waals surface area contributed by atoms with Gasteiger partial charge in [-0.2, -0.15) is 20.4 Å². The number of aromatic nitrogens is 4. The molecule has 1 aromatic carbocycles. The van der Waals surface area contributed by atoms with E-state index in [1.54, 1.807) is 36.7 Å². The van der Waals surface area contributed by atoms with Crippen LogP contribution in [-0.2, 0) is 14.4 Å². The number of benzene rings is 1. The van der Waals surface area contributed by atoms with Crippen LogP contribution in [0.2, 0.25) is 0 Å². The maximum Gasteiger partial charge on any atom is 0.270 e. The van der Waals surface area contributed by atoms with Gasteiger partial charge in [0.05, 0.1) is 17.4 Å². The highest BCUT2D eigenvalue weighted by atomic mass is 32.2. The number of H-pyrrole nitrogens is 1. The fraction of sp³-hybridized carbons (Fsp3) is 0.118. The van der Waals surface area contributed by atoms with Crippen LogP contribution in [0.25, 0.3) is 22.3 Å². The molecular weight excluding hydrogens is 382 g/mol. The molecule has 1 unspecified atom stereocenters. The summed E-state index contributed by atoms with van der Waals surface area (Å²) >= 11 is 1.12. The minimum Gasteiger partial charge on any atom is -0.325 e. The van der Waals surface area contributed by atoms with Crippen molar-refractivity contribution in [2.45, 2.75) is 0 Å². The zero-order valence-corrected chi connectivity index (χ0v) is 15.3. The second-order valence-corrected chi connectivity index (χ2v) is 6.62. The number of amides is 3. The van der Waals surface area contributed by atoms with Gasteiger partial charge < -0.3 is 10.6 Å². The first-order valence-corrected chi connectivity index (χ1v) is 9.33. The minimum absolute atomic E-state index is 0.179. The second-order valence-electron chi connectivity index (χ2n) is 5.83. The van der Waals surface area contributed by atoms with E-state index >= 15 is 0 Å². The van der Waals surface area contributed by atoms with Gasteiger partial charge in [-0.05, 0) is 30.5 Å². The van der Waals surface area contributed by atoms with E-state index in [-0.39, 0.29) is 5.17 Å². The highest BCUT2D eigenvalue weighted by molar-refractivity contribution is 8.13. The third-order valence-electron chi connectivity index (χ3n) is 4.04. The van der Waals surface area contributed by atoms with Gasteiger partial charge in [0, 0.05) is 11.1 Å². The summed E-state index contributed by atoms with van der Waals surface area (Å²) in [5.74, 6) is -3.73. The lowest BCUT2D eigenvalue weighted by Gasteiger charge is -2.18. The lowest BCUT2D eigenvalue weighted by Crippen LogP contribution is -2.48. The number of thioether (sulfide) groups is 1. The Morgan fingerprint density at radius 1 is 1.18 bits per heavy atom. The molecule has 3 N–H and O–H groups in total. The topological polar surface area (TPSA) is 142 Å². The van der Waals surface area contributed by atoms with Crippen molar-refractivity contribution in [3.63, 3.8) is 0 Å². The van der Waals surface area contributed by atoms with E-state index in [4.69, 9.17) is 0 Å². The third-order valence-corrected chi connectivity index (χ3v) is 4.62. The highest BCUT2D eigenvalue weighted by Gasteiger charge is 2.38. The molecule has 3 amide bonds. The van der Waals surface area contributed by atoms with Crippen LogP contribution in [0.3, 0.4) is 0 Å². The van der Waals surface area contributed by atoms with Crippen molar-refractivity contribution in [2.75, 3.05) is 11.6 Å². The molecule has 2 aromatic heterocycles. The van der Waals surface area contributed by atoms with Crippen molar-refractivity contribution in [2.24, 2.45) is 10.9 Å². The van der Waals surface area contributed by atoms with Crippen molar-refractivity contribution in [1.82, 2.24) is 25.7 Å². The van der Waals surface area contributed by atoms with Crippen LogP contribution >= 0.6 is 11.8 Å². The first-order chi connectivity index (χ1) is 13.5. The monoisotopic (exact) mass is 395 g/mol. The first-order valence-electron chi connectivity index (χ1n) is 8.10. The maximum atomic E-state index is 12.4. The van der Waals surface area contributed by atoms with Gasteiger partial charge in [0.1, 0.15) is 5.69 Å². The molecule has 10 nitrogen and oxygen atoms in total. The molecule has 140 valence electrons. The summed E-state index contributed by atoms with van der Waals surface area (Å²) in [5, 5.41) is 16.3. The quantitative estimate of drug-likeness (QED) is 0.560. The van der Waals surface area contributed by atoms with Gasteiger partial charge in [-0.25, -0.2) is 4.98 Å². The Hall–Kier alpha value is -3.60. The molecule has 0 bridgehead atoms. The van der Waals surface area contributed by atoms with E-state index in [9.17, 15) is 14.4 Å². The molecular formula is C17H13N7O3S. The zero-order chi connectivity index (χ0) is 19.7. The second kappa shape index (κ2) is 7.19. The number of carbonyl (C=O) groups excluding carboxylic acids is 3. The van der Waals surface area contributed by atoms with Crippen molar-refractivity contribution in [1.29, 1.82) is 0 Å². The molecule has 11 heteroatoms. The molecule has 1 atom stereocenters. The molecule has 1 aliphatic heterocycles. The number of nitrogens with one attached hydrogen (secondary N) is 3. The van der Waals surface area contributed by atoms with E-state index in [0.717, 1.165) is 17.1 Å². The average molecular weight is 395 g/mol. The number of aliphatic imine (C=N–C) groups is 1. The number of amidine groups is 1. The Kier molecular flexibility index (Phi) is 4.57. The summed E-state index contributed by atoms with van der Waals surface area (Å²) in [7, 11) is 0. The van der Waals surface area contributed by atoms with Gasteiger partial charge in [-0.15, -0.1) is 0 Å². The first kappa shape index (κ1) is 17.8. The summed E-state index contributed by atoms with van der Waals surface area (Å²) < 4.78 is 0. The van der Waals surface area contributed by atoms with Crippen molar-refractivity contribution in [3.8, 4) is 11.4 Å². The Bertz CT molecular complexity index is 1130. The van der Waals surface area contributed by atoms with Crippen LogP contribution in [0.5, 0.6) is 0 Å². The van der Waals surface area contributed by atoms with E-state index in [1.165, 1.54) is 0 Å². The van der Waals surface area contributed by atoms with Crippen LogP contribution in [0, 0.1) is 5.92 Å². The number of fused-ring (bicyclic) bond motifs is 1. The van der Waals surface area contributed by atoms with E-state index in [1.807, 2.05) is 6.07 Å². The van der Waals surface area contributed by atoms with Crippen LogP contribution < -0.4 is 10.6 Å². The van der Waals surface area contributed by atoms with Crippen molar-refractivity contribution >= 4 is 51.2 Å². The van der Waals surface area contributed by atoms with Crippen LogP contribution in [0.4, 0.5) is 5.69 Å². The number of hydrogen-bond acceptors (Lipinski definition) is 7. The molecule has 0 spiro atoms. The summed E-state index contributed by atoms with van der Waals surface area (Å²) in [6.07, 6.45) is 3.24. The fourth-order valence-corrected chi connectivity index (χ4v) is 3.08. The van der Waals surface area contributed by atoms with Crippen molar-refractivity contribution in [3.05, 3.63) is 36.5 Å². The number of hydrogen-bond donors (Lipinski definition) is 3. The maximum absolute atomic E-state index is 12.4. The summed E-state index contributed by atoms with van der Waals surface area (Å²) in [6.45, 7) is 0. The van der Waals surface area contributed by atoms with Gasteiger partial charge >= 0.3 is 0 Å². The predicted molar refractivity (Wildman–Crippen MR) is 103 cm³/mol. The number of nitrogens with zero attached hydrogens (tertiary/aromatic N) is 4. The Labute approximate surface area is 162 Å². The summed E-state index contributed by atoms with van der Waals surface area (Å²) in [6, 6.07) is 8.68. The fourth-order valence-electron chi connectivity index (χ4n) is 2.70. The van der Waals surface area contributed by atoms with Gasteiger partial charge in [-0.1, -0.05) is 17.8 Å². The van der Waals surface area contributed by atoms with E-state index in [0.29, 0.717) is 22.6 Å². The molecule has 28 heavy (non-hydrogen) atoms. The van der Waals surface area contributed by atoms with Crippen LogP contribution in [0.1, 0.15) is 0 Å². The summed E-state index contributed by atoms with van der Waals surface area (Å²) in [4.78, 5) is 44.7. The Morgan fingerprint density at radius 3 is 2.75 bits per heavy atom. The predicted octanol–water partition coefficient (Wildman–Crippen LogP) is 0.950. The normalized spacial score (nSPS) is 16.6. The lowest BCUT2D eigenvalue weighted by atomic mass is 10.1. The smallest absolute Gasteiger partial charge is 0.270 e. The SMILES string of the molecule is CSC1=NC(=O)C(C(=O)Nc2ccc3nc(-c4cn[nH]n4)ccc3c2)C(=O)N1. The average Bonchev–Trinajstić information content (AvgIpc) is 3.21. The van der Waals surface area contributed by atoms with Crippen LogP contribution in [0.15, 0.2) is 41.5 Å². The highest BCUT2D eigenvalue weighted by Crippen LogP contribution is 2.22. The van der Waals surface area contributed by atoms with Gasteiger partial charge in [-0.3, -0.25) is 14.4 Å². The number of carbonyl (C=O) groups is 3. The number of anilines is 1. The van der Waals surface area contributed by atoms with Crippen molar-refractivity contribution < 1.29 is 14.4 Å². The Morgan fingerprint density at radius 2 is 2.04 bits per heavy atom. The molecule has 0 aliphatic carbocycles. The molecule has 3 heterocycles. The number of aromatic amines is 1. The largest absolute Gasteiger partial charge is 0.325 e. The minimum atomic E-state index is -1.51. The number of rotatable bonds is 3. The Balaban J connectivity index is 1.56. The van der Waals surface area contributed by atoms with E-state index < -0.39 is 23.6 Å². The molecule has 0 radical (unpaired) electrons. The summed E-state index contributed by atoms with van der Waals surface area (Å²) in [5.41, 5.74) is 2.41. The molecule has 0 saturated heterocycles. The lowest BCUT2D eigenvalue weighted by molar-refractivity contribution is -0.139. The molecule has 0 fully saturated rings.